The highest BCUT2D eigenvalue weighted by molar-refractivity contribution is 7.10. The molecule has 3 heterocycles. The van der Waals surface area contributed by atoms with Crippen molar-refractivity contribution in [2.24, 2.45) is 28.6 Å². The minimum absolute atomic E-state index is 0.0802. The molecule has 0 bridgehead atoms. The van der Waals surface area contributed by atoms with Gasteiger partial charge in [-0.3, -0.25) is 86.3 Å². The number of ether oxygens (including phenoxy) is 4. The zero-order valence-corrected chi connectivity index (χ0v) is 71.5. The van der Waals surface area contributed by atoms with Gasteiger partial charge >= 0.3 is 0 Å². The Labute approximate surface area is 702 Å². The summed E-state index contributed by atoms with van der Waals surface area (Å²) in [5.74, 6) is -14.0. The molecule has 11 atom stereocenters. The van der Waals surface area contributed by atoms with E-state index in [-0.39, 0.29) is 91.6 Å². The van der Waals surface area contributed by atoms with E-state index in [0.717, 1.165) is 84.1 Å². The molecule has 8 rings (SSSR count). The second-order valence-corrected chi connectivity index (χ2v) is 33.2. The average Bonchev–Trinajstić information content (AvgIpc) is 1.51. The summed E-state index contributed by atoms with van der Waals surface area (Å²) < 4.78 is 56.4. The molecule has 6 aliphatic rings. The number of hydrogen-bond donors (Lipinski definition) is 4. The van der Waals surface area contributed by atoms with Crippen molar-refractivity contribution >= 4 is 123 Å². The second-order valence-electron chi connectivity index (χ2n) is 32.3. The van der Waals surface area contributed by atoms with Gasteiger partial charge in [-0.1, -0.05) is 31.6 Å². The fourth-order valence-corrected chi connectivity index (χ4v) is 16.9. The number of amides is 15. The molecule has 0 radical (unpaired) electrons. The molecule has 2 aliphatic heterocycles. The van der Waals surface area contributed by atoms with Gasteiger partial charge in [0.1, 0.15) is 37.0 Å². The average molecular weight is 1720 g/mol. The van der Waals surface area contributed by atoms with E-state index in [9.17, 15) is 91.4 Å². The van der Waals surface area contributed by atoms with E-state index in [1.807, 2.05) is 19.9 Å². The maximum Gasteiger partial charge on any atom is 0.258 e. The fraction of sp³-hybridized carbons (Fsp3) is 0.580. The van der Waals surface area contributed by atoms with Crippen LogP contribution in [0.4, 0.5) is 14.5 Å². The summed E-state index contributed by atoms with van der Waals surface area (Å²) in [5.41, 5.74) is -2.78. The quantitative estimate of drug-likeness (QED) is 0.0359. The molecule has 4 N–H and O–H groups in total. The lowest BCUT2D eigenvalue weighted by Gasteiger charge is -2.59. The molecule has 0 unspecified atom stereocenters. The normalized spacial score (nSPS) is 22.1. The Hall–Kier alpha value is -11.1. The van der Waals surface area contributed by atoms with Crippen LogP contribution in [0.25, 0.3) is 0 Å². The Morgan fingerprint density at radius 3 is 1.56 bits per heavy atom. The Balaban J connectivity index is 0.738. The van der Waals surface area contributed by atoms with Gasteiger partial charge < -0.3 is 89.0 Å². The molecule has 660 valence electrons. The van der Waals surface area contributed by atoms with Gasteiger partial charge in [0.15, 0.2) is 35.0 Å². The first-order valence-electron chi connectivity index (χ1n) is 39.3. The molecule has 40 heteroatoms. The molecule has 1 saturated heterocycles. The van der Waals surface area contributed by atoms with Crippen LogP contribution in [0, 0.1) is 40.2 Å². The SMILES string of the molecule is CC(=O)CN(C)C(=O)CN(C)C(=O)CN(C)C(=O)CN(C)C(=O)CN(C)C(=O)CN(C)C(=O)CN(C)C(=O)CN(C)C(=O)CN(C)C(=O)CN(C)C(=O)CCCOc1c(CCC(=O)N[C@@H](C)C(=O)N[C@@H](C)C(=O)NCOCC(=O)[C@@]23O[C@H](c4sccc4F)O[C@@H]2C[C@H]2[C@@H]4CCC5=CC(=O)C=C[C@]5(C)[C@H]4[C@@H](O)C[C@@]23C)ccc(N2C(=O)C=CC2=O)c1F. The predicted octanol–water partition coefficient (Wildman–Crippen LogP) is -0.869. The van der Waals surface area contributed by atoms with Crippen LogP contribution in [-0.2, 0) is 107 Å². The van der Waals surface area contributed by atoms with Gasteiger partial charge in [0.2, 0.25) is 76.8 Å². The van der Waals surface area contributed by atoms with Crippen LogP contribution >= 0.6 is 11.3 Å². The highest BCUT2D eigenvalue weighted by atomic mass is 32.1. The van der Waals surface area contributed by atoms with E-state index < -0.39 is 230 Å². The largest absolute Gasteiger partial charge is 0.490 e. The molecule has 0 spiro atoms. The van der Waals surface area contributed by atoms with Crippen molar-refractivity contribution in [1.29, 1.82) is 0 Å². The molecule has 121 heavy (non-hydrogen) atoms. The van der Waals surface area contributed by atoms with Crippen molar-refractivity contribution in [1.82, 2.24) is 64.9 Å². The van der Waals surface area contributed by atoms with E-state index in [0.29, 0.717) is 24.2 Å². The number of halogens is 2. The predicted molar refractivity (Wildman–Crippen MR) is 426 cm³/mol. The third kappa shape index (κ3) is 22.4. The van der Waals surface area contributed by atoms with Crippen molar-refractivity contribution in [2.75, 3.05) is 161 Å². The first-order valence-corrected chi connectivity index (χ1v) is 40.2. The number of aliphatic hydroxyl groups is 1. The van der Waals surface area contributed by atoms with Crippen LogP contribution < -0.4 is 25.6 Å². The van der Waals surface area contributed by atoms with E-state index in [1.54, 1.807) is 11.5 Å². The van der Waals surface area contributed by atoms with Crippen LogP contribution in [0.15, 0.2) is 59.5 Å². The number of hydrogen-bond acceptors (Lipinski definition) is 24. The first-order chi connectivity index (χ1) is 56.7. The fourth-order valence-electron chi connectivity index (χ4n) is 16.2. The van der Waals surface area contributed by atoms with Gasteiger partial charge in [0, 0.05) is 112 Å². The number of imide groups is 1. The standard InChI is InChI=1S/C81H108F2N14O23S/c1-46(98)34-87(6)63(106)36-89(8)65(108)38-91(10)67(110)40-93(12)69(112)42-95(14)71(114)43-96(15)70(113)41-94(13)68(111)39-92(11)66(109)37-90(9)64(107)35-88(7)60(103)17-16-29-118-74-49(18-22-55(73(74)83)97-61(104)24-25-62(97)105)19-23-59(102)85-48(3)77(116)86-47(2)76(115)84-45-117-44-57(101)81-58(119-78(120-81)75-54(82)27-30-121-75)32-53-52-21-20-50-31-51(99)26-28-79(50,4)72(52)56(100)33-80(53,81)5/h18,22,24-28,30-31,47-48,52-53,56,58,72,78,100H,16-17,19-21,23,29,32-45H2,1-15H3,(H,84,115)(H,85,102)(H,86,116)/t47-,48-,52-,53-,56-,58+,72+,78+,79-,80-,81+/m0/s1. The van der Waals surface area contributed by atoms with Crippen LogP contribution in [0.2, 0.25) is 0 Å². The molecule has 1 aromatic carbocycles. The van der Waals surface area contributed by atoms with Crippen molar-refractivity contribution in [3.8, 4) is 5.75 Å². The molecule has 37 nitrogen and oxygen atoms in total. The summed E-state index contributed by atoms with van der Waals surface area (Å²) in [6.07, 6.45) is 4.70. The third-order valence-electron chi connectivity index (χ3n) is 23.3. The number of ketones is 3. The highest BCUT2D eigenvalue weighted by Gasteiger charge is 2.76. The monoisotopic (exact) mass is 1710 g/mol. The molecule has 2 aromatic rings. The number of anilines is 1. The summed E-state index contributed by atoms with van der Waals surface area (Å²) in [6, 6.07) is 1.29. The Bertz CT molecular complexity index is 4500. The number of aliphatic hydroxyl groups excluding tert-OH is 1. The minimum Gasteiger partial charge on any atom is -0.490 e. The summed E-state index contributed by atoms with van der Waals surface area (Å²) in [7, 11) is 13.1. The number of thiophene rings is 1. The summed E-state index contributed by atoms with van der Waals surface area (Å²) >= 11 is 1.07. The van der Waals surface area contributed by atoms with Crippen molar-refractivity contribution in [2.45, 2.75) is 122 Å². The zero-order chi connectivity index (χ0) is 89.8. The number of rotatable bonds is 39. The van der Waals surface area contributed by atoms with Gasteiger partial charge in [0.05, 0.1) is 94.8 Å². The van der Waals surface area contributed by atoms with Gasteiger partial charge in [-0.15, -0.1) is 11.3 Å². The maximum atomic E-state index is 16.5. The van der Waals surface area contributed by atoms with Crippen molar-refractivity contribution in [3.63, 3.8) is 0 Å². The number of carbonyl (C=O) groups is 18. The molecular formula is C81H108F2N14O23S. The lowest BCUT2D eigenvalue weighted by molar-refractivity contribution is -0.201. The summed E-state index contributed by atoms with van der Waals surface area (Å²) in [6.45, 7) is 1.94. The molecule has 4 fully saturated rings. The number of benzene rings is 1. The van der Waals surface area contributed by atoms with Gasteiger partial charge in [-0.25, -0.2) is 13.7 Å². The number of allylic oxidation sites excluding steroid dienone is 4. The molecular weight excluding hydrogens is 1610 g/mol. The number of nitrogens with one attached hydrogen (secondary N) is 3. The Morgan fingerprint density at radius 1 is 0.620 bits per heavy atom. The molecule has 3 saturated carbocycles. The lowest BCUT2D eigenvalue weighted by Crippen LogP contribution is -2.63. The number of carbonyl (C=O) groups excluding carboxylic acids is 18. The number of likely N-dealkylation sites (N-methyl/N-ethyl adjacent to an activating group) is 10. The Kier molecular flexibility index (Phi) is 31.9. The van der Waals surface area contributed by atoms with Crippen LogP contribution in [-0.4, -0.2) is 346 Å². The lowest BCUT2D eigenvalue weighted by atomic mass is 9.46. The zero-order valence-electron chi connectivity index (χ0n) is 70.7. The number of fused-ring (bicyclic) bond motifs is 7. The number of aryl methyl sites for hydroxylation is 1. The van der Waals surface area contributed by atoms with Crippen LogP contribution in [0.3, 0.4) is 0 Å². The number of nitrogens with zero attached hydrogens (tertiary/aromatic N) is 11. The second kappa shape index (κ2) is 40.5. The molecule has 1 aromatic heterocycles. The van der Waals surface area contributed by atoms with Gasteiger partial charge in [-0.2, -0.15) is 0 Å². The van der Waals surface area contributed by atoms with Crippen LogP contribution in [0.1, 0.15) is 96.3 Å². The van der Waals surface area contributed by atoms with E-state index >= 15 is 8.78 Å². The molecule has 15 amide bonds. The highest BCUT2D eigenvalue weighted by Crippen LogP contribution is 2.71. The van der Waals surface area contributed by atoms with E-state index in [1.165, 1.54) is 109 Å². The first kappa shape index (κ1) is 95.4. The van der Waals surface area contributed by atoms with Gasteiger partial charge in [-0.05, 0) is 106 Å². The summed E-state index contributed by atoms with van der Waals surface area (Å²) in [4.78, 5) is 246. The maximum absolute atomic E-state index is 16.5. The Morgan fingerprint density at radius 2 is 1.09 bits per heavy atom. The number of Topliss-reactive ketones (excluding diaryl/α,β-unsaturated/α-hetero) is 2. The molecule has 4 aliphatic carbocycles. The minimum atomic E-state index is -1.70. The topological polar surface area (TPSA) is 436 Å². The van der Waals surface area contributed by atoms with E-state index in [2.05, 4.69) is 16.0 Å². The summed E-state index contributed by atoms with van der Waals surface area (Å²) in [5, 5.41) is 21.3. The van der Waals surface area contributed by atoms with Gasteiger partial charge in [0.25, 0.3) is 11.8 Å². The van der Waals surface area contributed by atoms with Crippen LogP contribution in [0.5, 0.6) is 5.75 Å². The smallest absolute Gasteiger partial charge is 0.258 e. The van der Waals surface area contributed by atoms with Crippen molar-refractivity contribution < 1.29 is 119 Å². The third-order valence-corrected chi connectivity index (χ3v) is 24.2. The van der Waals surface area contributed by atoms with E-state index in [4.69, 9.17) is 18.9 Å². The van der Waals surface area contributed by atoms with Crippen molar-refractivity contribution in [3.05, 3.63) is 81.6 Å².